The number of likely N-dealkylation sites (N-methyl/N-ethyl adjacent to an activating group) is 1. The third-order valence-corrected chi connectivity index (χ3v) is 4.27. The molecule has 5 nitrogen and oxygen atoms in total. The second kappa shape index (κ2) is 8.77. The van der Waals surface area contributed by atoms with Gasteiger partial charge in [0.2, 0.25) is 0 Å². The zero-order chi connectivity index (χ0) is 16.7. The number of benzene rings is 1. The van der Waals surface area contributed by atoms with Crippen LogP contribution in [0.2, 0.25) is 0 Å². The Hall–Kier alpha value is -1.75. The van der Waals surface area contributed by atoms with Gasteiger partial charge in [0, 0.05) is 12.6 Å². The molecule has 2 atom stereocenters. The van der Waals surface area contributed by atoms with Gasteiger partial charge in [-0.15, -0.1) is 0 Å². The van der Waals surface area contributed by atoms with Crippen LogP contribution in [0.15, 0.2) is 29.3 Å². The van der Waals surface area contributed by atoms with E-state index in [-0.39, 0.29) is 6.10 Å². The molecule has 1 saturated heterocycles. The Morgan fingerprint density at radius 3 is 3.09 bits per heavy atom. The molecule has 2 unspecified atom stereocenters. The molecular formula is C18H30N4O. The third-order valence-electron chi connectivity index (χ3n) is 4.27. The van der Waals surface area contributed by atoms with Crippen LogP contribution in [-0.4, -0.2) is 49.2 Å². The van der Waals surface area contributed by atoms with Gasteiger partial charge in [0.05, 0.1) is 6.54 Å². The van der Waals surface area contributed by atoms with Gasteiger partial charge in [-0.1, -0.05) is 19.1 Å². The zero-order valence-corrected chi connectivity index (χ0v) is 14.6. The van der Waals surface area contributed by atoms with Crippen LogP contribution in [-0.2, 0) is 0 Å². The highest BCUT2D eigenvalue weighted by molar-refractivity contribution is 5.77. The lowest BCUT2D eigenvalue weighted by Crippen LogP contribution is -2.43. The molecular weight excluding hydrogens is 288 g/mol. The summed E-state index contributed by atoms with van der Waals surface area (Å²) in [6, 6.07) is 8.63. The fourth-order valence-corrected chi connectivity index (χ4v) is 3.01. The number of aliphatic imine (C=N–C) groups is 1. The van der Waals surface area contributed by atoms with Crippen LogP contribution in [0, 0.1) is 6.92 Å². The van der Waals surface area contributed by atoms with Gasteiger partial charge < -0.3 is 15.8 Å². The monoisotopic (exact) mass is 318 g/mol. The highest BCUT2D eigenvalue weighted by Crippen LogP contribution is 2.15. The van der Waals surface area contributed by atoms with Crippen LogP contribution in [0.25, 0.3) is 0 Å². The number of nitrogens with zero attached hydrogens (tertiary/aromatic N) is 2. The van der Waals surface area contributed by atoms with Crippen LogP contribution >= 0.6 is 0 Å². The Morgan fingerprint density at radius 1 is 1.52 bits per heavy atom. The van der Waals surface area contributed by atoms with Gasteiger partial charge in [-0.05, 0) is 57.5 Å². The van der Waals surface area contributed by atoms with E-state index < -0.39 is 0 Å². The molecule has 1 aromatic rings. The first kappa shape index (κ1) is 17.6. The Labute approximate surface area is 139 Å². The maximum atomic E-state index is 5.97. The lowest BCUT2D eigenvalue weighted by atomic mass is 10.2. The number of ether oxygens (including phenoxy) is 1. The number of hydrogen-bond donors (Lipinski definition) is 2. The number of likely N-dealkylation sites (tertiary alicyclic amines) is 1. The highest BCUT2D eigenvalue weighted by atomic mass is 16.5. The van der Waals surface area contributed by atoms with Crippen molar-refractivity contribution in [1.29, 1.82) is 0 Å². The number of aryl methyl sites for hydroxylation is 1. The van der Waals surface area contributed by atoms with E-state index >= 15 is 0 Å². The van der Waals surface area contributed by atoms with Gasteiger partial charge in [-0.25, -0.2) is 4.99 Å². The molecule has 23 heavy (non-hydrogen) atoms. The molecule has 1 aliphatic heterocycles. The molecule has 0 spiro atoms. The summed E-state index contributed by atoms with van der Waals surface area (Å²) in [5.74, 6) is 1.39. The van der Waals surface area contributed by atoms with Gasteiger partial charge >= 0.3 is 0 Å². The molecule has 1 heterocycles. The highest BCUT2D eigenvalue weighted by Gasteiger charge is 2.22. The number of hydrogen-bond acceptors (Lipinski definition) is 3. The standard InChI is InChI=1S/C18H30N4O/c1-4-22-10-6-8-16(22)13-21-18(19)20-12-15(3)23-17-9-5-7-14(2)11-17/h5,7,9,11,15-16H,4,6,8,10,12-13H2,1-3H3,(H3,19,20,21). The summed E-state index contributed by atoms with van der Waals surface area (Å²) in [6.45, 7) is 9.99. The van der Waals surface area contributed by atoms with Crippen LogP contribution in [0.4, 0.5) is 0 Å². The average molecular weight is 318 g/mol. The van der Waals surface area contributed by atoms with E-state index in [4.69, 9.17) is 10.5 Å². The van der Waals surface area contributed by atoms with E-state index in [1.165, 1.54) is 24.9 Å². The maximum absolute atomic E-state index is 5.97. The Balaban J connectivity index is 1.73. The van der Waals surface area contributed by atoms with Crippen molar-refractivity contribution in [1.82, 2.24) is 10.2 Å². The Bertz CT molecular complexity index is 517. The summed E-state index contributed by atoms with van der Waals surface area (Å²) in [5.41, 5.74) is 7.16. The minimum atomic E-state index is -0.00392. The van der Waals surface area contributed by atoms with Crippen LogP contribution in [0.1, 0.15) is 32.3 Å². The molecule has 5 heteroatoms. The minimum absolute atomic E-state index is 0.00392. The summed E-state index contributed by atoms with van der Waals surface area (Å²) in [7, 11) is 0. The summed E-state index contributed by atoms with van der Waals surface area (Å²) in [5, 5.41) is 3.25. The second-order valence-corrected chi connectivity index (χ2v) is 6.28. The fraction of sp³-hybridized carbons (Fsp3) is 0.611. The summed E-state index contributed by atoms with van der Waals surface area (Å²) < 4.78 is 5.86. The largest absolute Gasteiger partial charge is 0.489 e. The summed E-state index contributed by atoms with van der Waals surface area (Å²) >= 11 is 0. The Kier molecular flexibility index (Phi) is 6.71. The van der Waals surface area contributed by atoms with E-state index in [1.54, 1.807) is 0 Å². The van der Waals surface area contributed by atoms with Crippen LogP contribution in [0.5, 0.6) is 5.75 Å². The molecule has 2 rings (SSSR count). The lowest BCUT2D eigenvalue weighted by Gasteiger charge is -2.23. The van der Waals surface area contributed by atoms with Gasteiger partial charge in [0.25, 0.3) is 0 Å². The molecule has 0 bridgehead atoms. The third kappa shape index (κ3) is 5.75. The molecule has 1 aliphatic rings. The predicted molar refractivity (Wildman–Crippen MR) is 96.0 cm³/mol. The topological polar surface area (TPSA) is 62.9 Å². The molecule has 1 fully saturated rings. The molecule has 0 aromatic heterocycles. The minimum Gasteiger partial charge on any atom is -0.489 e. The maximum Gasteiger partial charge on any atom is 0.188 e. The first-order valence-electron chi connectivity index (χ1n) is 8.59. The van der Waals surface area contributed by atoms with Gasteiger partial charge in [-0.3, -0.25) is 4.90 Å². The number of rotatable bonds is 7. The molecule has 1 aromatic carbocycles. The first-order valence-corrected chi connectivity index (χ1v) is 8.59. The van der Waals surface area contributed by atoms with E-state index in [0.717, 1.165) is 18.8 Å². The van der Waals surface area contributed by atoms with Gasteiger partial charge in [-0.2, -0.15) is 0 Å². The van der Waals surface area contributed by atoms with Crippen molar-refractivity contribution in [2.45, 2.75) is 45.8 Å². The van der Waals surface area contributed by atoms with Crippen LogP contribution in [0.3, 0.4) is 0 Å². The number of nitrogens with one attached hydrogen (secondary N) is 1. The van der Waals surface area contributed by atoms with Gasteiger partial charge in [0.1, 0.15) is 11.9 Å². The fourth-order valence-electron chi connectivity index (χ4n) is 3.01. The molecule has 0 aliphatic carbocycles. The summed E-state index contributed by atoms with van der Waals surface area (Å²) in [6.07, 6.45) is 2.51. The van der Waals surface area contributed by atoms with Crippen molar-refractivity contribution >= 4 is 5.96 Å². The van der Waals surface area contributed by atoms with Crippen LogP contribution < -0.4 is 15.8 Å². The molecule has 128 valence electrons. The van der Waals surface area contributed by atoms with E-state index in [0.29, 0.717) is 18.5 Å². The van der Waals surface area contributed by atoms with Crippen molar-refractivity contribution in [3.05, 3.63) is 29.8 Å². The average Bonchev–Trinajstić information content (AvgIpc) is 2.98. The molecule has 0 amide bonds. The molecule has 3 N–H and O–H groups in total. The SMILES string of the molecule is CCN1CCCC1CNC(N)=NCC(C)Oc1cccc(C)c1. The normalized spacial score (nSPS) is 20.5. The summed E-state index contributed by atoms with van der Waals surface area (Å²) in [4.78, 5) is 6.88. The Morgan fingerprint density at radius 2 is 2.35 bits per heavy atom. The quantitative estimate of drug-likeness (QED) is 0.597. The van der Waals surface area contributed by atoms with Crippen molar-refractivity contribution in [3.63, 3.8) is 0 Å². The zero-order valence-electron chi connectivity index (χ0n) is 14.6. The van der Waals surface area contributed by atoms with Crippen molar-refractivity contribution < 1.29 is 4.74 Å². The molecule has 0 radical (unpaired) electrons. The number of nitrogens with two attached hydrogens (primary N) is 1. The number of guanidine groups is 1. The predicted octanol–water partition coefficient (Wildman–Crippen LogP) is 2.15. The van der Waals surface area contributed by atoms with Gasteiger partial charge in [0.15, 0.2) is 5.96 Å². The van der Waals surface area contributed by atoms with Crippen molar-refractivity contribution in [2.24, 2.45) is 10.7 Å². The van der Waals surface area contributed by atoms with E-state index in [9.17, 15) is 0 Å². The smallest absolute Gasteiger partial charge is 0.188 e. The lowest BCUT2D eigenvalue weighted by molar-refractivity contribution is 0.230. The van der Waals surface area contributed by atoms with Crippen molar-refractivity contribution in [3.8, 4) is 5.75 Å². The molecule has 0 saturated carbocycles. The van der Waals surface area contributed by atoms with E-state index in [2.05, 4.69) is 35.1 Å². The van der Waals surface area contributed by atoms with Crippen molar-refractivity contribution in [2.75, 3.05) is 26.2 Å². The van der Waals surface area contributed by atoms with E-state index in [1.807, 2.05) is 25.1 Å². The first-order chi connectivity index (χ1) is 11.1. The second-order valence-electron chi connectivity index (χ2n) is 6.28.